The SMILES string of the molecule is Cc1cc(C(=O)Nc2sc(Cc3ccccc3)cc2C(N)=O)cc(C)c1O. The van der Waals surface area contributed by atoms with Crippen molar-refractivity contribution in [3.8, 4) is 5.75 Å². The summed E-state index contributed by atoms with van der Waals surface area (Å²) in [5.74, 6) is -0.763. The summed E-state index contributed by atoms with van der Waals surface area (Å²) >= 11 is 1.34. The van der Waals surface area contributed by atoms with Gasteiger partial charge in [-0.3, -0.25) is 9.59 Å². The van der Waals surface area contributed by atoms with Crippen molar-refractivity contribution in [3.05, 3.63) is 81.2 Å². The van der Waals surface area contributed by atoms with Crippen LogP contribution in [0.2, 0.25) is 0 Å². The number of carbonyl (C=O) groups is 2. The van der Waals surface area contributed by atoms with Gasteiger partial charge in [-0.15, -0.1) is 11.3 Å². The predicted octanol–water partition coefficient (Wildman–Crippen LogP) is 4.01. The second kappa shape index (κ2) is 7.63. The molecule has 0 saturated carbocycles. The van der Waals surface area contributed by atoms with E-state index < -0.39 is 5.91 Å². The van der Waals surface area contributed by atoms with Crippen molar-refractivity contribution >= 4 is 28.2 Å². The molecule has 6 heteroatoms. The molecule has 0 radical (unpaired) electrons. The van der Waals surface area contributed by atoms with E-state index in [1.165, 1.54) is 11.3 Å². The number of primary amides is 1. The van der Waals surface area contributed by atoms with Gasteiger partial charge in [0.05, 0.1) is 5.56 Å². The van der Waals surface area contributed by atoms with E-state index in [9.17, 15) is 14.7 Å². The van der Waals surface area contributed by atoms with Crippen LogP contribution in [0.15, 0.2) is 48.5 Å². The van der Waals surface area contributed by atoms with Gasteiger partial charge in [0.25, 0.3) is 11.8 Å². The molecule has 3 rings (SSSR count). The van der Waals surface area contributed by atoms with E-state index in [0.717, 1.165) is 10.4 Å². The molecule has 0 aliphatic carbocycles. The molecule has 0 aliphatic rings. The maximum atomic E-state index is 12.6. The average molecular weight is 380 g/mol. The Kier molecular flexibility index (Phi) is 5.28. The topological polar surface area (TPSA) is 92.4 Å². The van der Waals surface area contributed by atoms with Crippen LogP contribution in [0.5, 0.6) is 5.75 Å². The highest BCUT2D eigenvalue weighted by molar-refractivity contribution is 7.16. The summed E-state index contributed by atoms with van der Waals surface area (Å²) in [5.41, 5.74) is 8.54. The number of nitrogens with one attached hydrogen (secondary N) is 1. The van der Waals surface area contributed by atoms with Crippen LogP contribution in [0.4, 0.5) is 5.00 Å². The molecule has 2 amide bonds. The van der Waals surface area contributed by atoms with Crippen LogP contribution < -0.4 is 11.1 Å². The van der Waals surface area contributed by atoms with Crippen molar-refractivity contribution in [1.82, 2.24) is 0 Å². The fraction of sp³-hybridized carbons (Fsp3) is 0.143. The van der Waals surface area contributed by atoms with Crippen molar-refractivity contribution in [2.75, 3.05) is 5.32 Å². The number of aromatic hydroxyl groups is 1. The first kappa shape index (κ1) is 18.7. The van der Waals surface area contributed by atoms with Crippen LogP contribution in [0.25, 0.3) is 0 Å². The van der Waals surface area contributed by atoms with Crippen LogP contribution in [-0.4, -0.2) is 16.9 Å². The zero-order chi connectivity index (χ0) is 19.6. The molecule has 0 atom stereocenters. The molecule has 0 bridgehead atoms. The number of hydrogen-bond donors (Lipinski definition) is 3. The van der Waals surface area contributed by atoms with Gasteiger partial charge in [0.15, 0.2) is 0 Å². The highest BCUT2D eigenvalue weighted by Gasteiger charge is 2.18. The Morgan fingerprint density at radius 1 is 1.07 bits per heavy atom. The van der Waals surface area contributed by atoms with E-state index in [2.05, 4.69) is 5.32 Å². The molecule has 0 spiro atoms. The molecule has 3 aromatic rings. The second-order valence-corrected chi connectivity index (χ2v) is 7.53. The Morgan fingerprint density at radius 2 is 1.70 bits per heavy atom. The standard InChI is InChI=1S/C21H20N2O3S/c1-12-8-15(9-13(2)18(12)24)20(26)23-21-17(19(22)25)11-16(27-21)10-14-6-4-3-5-7-14/h3-9,11,24H,10H2,1-2H3,(H2,22,25)(H,23,26). The van der Waals surface area contributed by atoms with Gasteiger partial charge in [-0.05, 0) is 48.7 Å². The molecular formula is C21H20N2O3S. The van der Waals surface area contributed by atoms with Crippen molar-refractivity contribution in [2.45, 2.75) is 20.3 Å². The molecule has 2 aromatic carbocycles. The molecule has 1 heterocycles. The van der Waals surface area contributed by atoms with E-state index in [4.69, 9.17) is 5.73 Å². The average Bonchev–Trinajstić information content (AvgIpc) is 3.02. The number of hydrogen-bond acceptors (Lipinski definition) is 4. The fourth-order valence-electron chi connectivity index (χ4n) is 2.86. The molecule has 0 saturated heterocycles. The van der Waals surface area contributed by atoms with E-state index in [-0.39, 0.29) is 11.7 Å². The predicted molar refractivity (Wildman–Crippen MR) is 108 cm³/mol. The summed E-state index contributed by atoms with van der Waals surface area (Å²) in [7, 11) is 0. The lowest BCUT2D eigenvalue weighted by molar-refractivity contribution is 0.100. The maximum Gasteiger partial charge on any atom is 0.256 e. The molecular weight excluding hydrogens is 360 g/mol. The Morgan fingerprint density at radius 3 is 2.30 bits per heavy atom. The number of phenolic OH excluding ortho intramolecular Hbond substituents is 1. The van der Waals surface area contributed by atoms with Gasteiger partial charge >= 0.3 is 0 Å². The van der Waals surface area contributed by atoms with Crippen molar-refractivity contribution in [2.24, 2.45) is 5.73 Å². The summed E-state index contributed by atoms with van der Waals surface area (Å²) in [5, 5.41) is 13.1. The minimum Gasteiger partial charge on any atom is -0.507 e. The van der Waals surface area contributed by atoms with Gasteiger partial charge in [-0.1, -0.05) is 30.3 Å². The lowest BCUT2D eigenvalue weighted by Crippen LogP contribution is -2.16. The molecule has 27 heavy (non-hydrogen) atoms. The van der Waals surface area contributed by atoms with Gasteiger partial charge in [0.2, 0.25) is 0 Å². The van der Waals surface area contributed by atoms with Crippen LogP contribution in [-0.2, 0) is 6.42 Å². The summed E-state index contributed by atoms with van der Waals surface area (Å²) < 4.78 is 0. The number of amides is 2. The van der Waals surface area contributed by atoms with E-state index in [1.54, 1.807) is 32.0 Å². The highest BCUT2D eigenvalue weighted by atomic mass is 32.1. The smallest absolute Gasteiger partial charge is 0.256 e. The number of nitrogens with two attached hydrogens (primary N) is 1. The minimum absolute atomic E-state index is 0.172. The molecule has 4 N–H and O–H groups in total. The third kappa shape index (κ3) is 4.17. The van der Waals surface area contributed by atoms with Crippen LogP contribution >= 0.6 is 11.3 Å². The lowest BCUT2D eigenvalue weighted by Gasteiger charge is -2.08. The Bertz CT molecular complexity index is 987. The van der Waals surface area contributed by atoms with Gasteiger partial charge < -0.3 is 16.2 Å². The Labute approximate surface area is 161 Å². The second-order valence-electron chi connectivity index (χ2n) is 6.39. The van der Waals surface area contributed by atoms with Crippen molar-refractivity contribution < 1.29 is 14.7 Å². The number of carbonyl (C=O) groups excluding carboxylic acids is 2. The monoisotopic (exact) mass is 380 g/mol. The largest absolute Gasteiger partial charge is 0.507 e. The van der Waals surface area contributed by atoms with Gasteiger partial charge in [-0.2, -0.15) is 0 Å². The van der Waals surface area contributed by atoms with Crippen LogP contribution in [0, 0.1) is 13.8 Å². The van der Waals surface area contributed by atoms with Crippen molar-refractivity contribution in [1.29, 1.82) is 0 Å². The van der Waals surface area contributed by atoms with Crippen LogP contribution in [0.3, 0.4) is 0 Å². The van der Waals surface area contributed by atoms with E-state index in [0.29, 0.717) is 33.7 Å². The molecule has 0 fully saturated rings. The van der Waals surface area contributed by atoms with Gasteiger partial charge in [0, 0.05) is 16.9 Å². The van der Waals surface area contributed by atoms with E-state index >= 15 is 0 Å². The van der Waals surface area contributed by atoms with Gasteiger partial charge in [0.1, 0.15) is 10.8 Å². The molecule has 0 aliphatic heterocycles. The Hall–Kier alpha value is -3.12. The summed E-state index contributed by atoms with van der Waals surface area (Å²) in [6.07, 6.45) is 0.652. The van der Waals surface area contributed by atoms with Crippen molar-refractivity contribution in [3.63, 3.8) is 0 Å². The summed E-state index contributed by atoms with van der Waals surface area (Å²) in [6.45, 7) is 3.47. The first-order chi connectivity index (χ1) is 12.8. The molecule has 5 nitrogen and oxygen atoms in total. The molecule has 1 aromatic heterocycles. The third-order valence-corrected chi connectivity index (χ3v) is 5.30. The number of benzene rings is 2. The Balaban J connectivity index is 1.87. The number of rotatable bonds is 5. The quantitative estimate of drug-likeness (QED) is 0.624. The number of phenols is 1. The highest BCUT2D eigenvalue weighted by Crippen LogP contribution is 2.31. The third-order valence-electron chi connectivity index (χ3n) is 4.25. The maximum absolute atomic E-state index is 12.6. The minimum atomic E-state index is -0.584. The normalized spacial score (nSPS) is 10.6. The first-order valence-electron chi connectivity index (χ1n) is 8.43. The number of thiophene rings is 1. The van der Waals surface area contributed by atoms with Gasteiger partial charge in [-0.25, -0.2) is 0 Å². The first-order valence-corrected chi connectivity index (χ1v) is 9.25. The zero-order valence-corrected chi connectivity index (χ0v) is 15.9. The summed E-state index contributed by atoms with van der Waals surface area (Å²) in [6, 6.07) is 14.8. The number of aryl methyl sites for hydroxylation is 2. The zero-order valence-electron chi connectivity index (χ0n) is 15.1. The summed E-state index contributed by atoms with van der Waals surface area (Å²) in [4.78, 5) is 25.4. The lowest BCUT2D eigenvalue weighted by atomic mass is 10.1. The van der Waals surface area contributed by atoms with E-state index in [1.807, 2.05) is 30.3 Å². The van der Waals surface area contributed by atoms with Crippen LogP contribution in [0.1, 0.15) is 42.3 Å². The molecule has 0 unspecified atom stereocenters. The number of anilines is 1. The fourth-order valence-corrected chi connectivity index (χ4v) is 3.96. The molecule has 138 valence electrons.